The summed E-state index contributed by atoms with van der Waals surface area (Å²) in [6.45, 7) is 1.05. The summed E-state index contributed by atoms with van der Waals surface area (Å²) in [5, 5.41) is 2.75. The van der Waals surface area contributed by atoms with Gasteiger partial charge >= 0.3 is 0 Å². The molecule has 0 unspecified atom stereocenters. The second-order valence-corrected chi connectivity index (χ2v) is 5.97. The van der Waals surface area contributed by atoms with Gasteiger partial charge in [0.25, 0.3) is 5.91 Å². The average molecular weight is 352 g/mol. The van der Waals surface area contributed by atoms with Gasteiger partial charge in [-0.05, 0) is 35.9 Å². The highest BCUT2D eigenvalue weighted by atomic mass is 16.6. The van der Waals surface area contributed by atoms with Gasteiger partial charge in [0.1, 0.15) is 13.2 Å². The first-order chi connectivity index (χ1) is 12.5. The molecule has 1 aliphatic heterocycles. The molecule has 0 bridgehead atoms. The normalized spacial score (nSPS) is 12.7. The molecular formula is C20H20N2O4. The van der Waals surface area contributed by atoms with Crippen LogP contribution >= 0.6 is 0 Å². The zero-order valence-electron chi connectivity index (χ0n) is 14.7. The Morgan fingerprint density at radius 2 is 1.77 bits per heavy atom. The van der Waals surface area contributed by atoms with Crippen LogP contribution in [0, 0.1) is 0 Å². The summed E-state index contributed by atoms with van der Waals surface area (Å²) in [6, 6.07) is 12.4. The Morgan fingerprint density at radius 3 is 2.54 bits per heavy atom. The van der Waals surface area contributed by atoms with Crippen molar-refractivity contribution in [3.8, 4) is 11.5 Å². The molecule has 1 N–H and O–H groups in total. The molecule has 0 saturated heterocycles. The van der Waals surface area contributed by atoms with Gasteiger partial charge in [-0.2, -0.15) is 0 Å². The van der Waals surface area contributed by atoms with Crippen molar-refractivity contribution in [2.24, 2.45) is 0 Å². The van der Waals surface area contributed by atoms with Gasteiger partial charge in [0, 0.05) is 20.2 Å². The number of hydrogen-bond acceptors (Lipinski definition) is 4. The Bertz CT molecular complexity index is 859. The molecule has 0 aromatic heterocycles. The number of nitrogens with one attached hydrogen (secondary N) is 1. The molecular weight excluding hydrogens is 332 g/mol. The maximum atomic E-state index is 12.2. The van der Waals surface area contributed by atoms with Crippen LogP contribution in [0.1, 0.15) is 15.9 Å². The van der Waals surface area contributed by atoms with E-state index in [1.165, 1.54) is 11.0 Å². The Labute approximate surface area is 152 Å². The van der Waals surface area contributed by atoms with Crippen molar-refractivity contribution in [3.05, 3.63) is 59.7 Å². The van der Waals surface area contributed by atoms with Crippen molar-refractivity contribution in [1.82, 2.24) is 4.90 Å². The lowest BCUT2D eigenvalue weighted by Crippen LogP contribution is -2.23. The molecule has 0 fully saturated rings. The molecule has 0 aliphatic carbocycles. The quantitative estimate of drug-likeness (QED) is 0.859. The standard InChI is InChI=1S/C20H20N2O4/c1-22(2)20(24)15-5-3-4-6-16(15)21-19(23)10-8-14-7-9-17-18(13-14)26-12-11-25-17/h3-10,13H,11-12H2,1-2H3,(H,21,23)/b10-8+. The lowest BCUT2D eigenvalue weighted by molar-refractivity contribution is -0.111. The molecule has 2 aromatic carbocycles. The largest absolute Gasteiger partial charge is 0.486 e. The molecule has 0 saturated carbocycles. The van der Waals surface area contributed by atoms with Crippen LogP contribution < -0.4 is 14.8 Å². The fourth-order valence-corrected chi connectivity index (χ4v) is 2.53. The first kappa shape index (κ1) is 17.5. The molecule has 6 heteroatoms. The van der Waals surface area contributed by atoms with Crippen LogP contribution in [-0.4, -0.2) is 44.0 Å². The maximum absolute atomic E-state index is 12.2. The van der Waals surface area contributed by atoms with Crippen molar-refractivity contribution in [2.75, 3.05) is 32.6 Å². The number of carbonyl (C=O) groups excluding carboxylic acids is 2. The van der Waals surface area contributed by atoms with Gasteiger partial charge in [-0.1, -0.05) is 18.2 Å². The minimum absolute atomic E-state index is 0.170. The second-order valence-electron chi connectivity index (χ2n) is 5.97. The molecule has 0 radical (unpaired) electrons. The third-order valence-electron chi connectivity index (χ3n) is 3.81. The van der Waals surface area contributed by atoms with E-state index in [-0.39, 0.29) is 11.8 Å². The molecule has 26 heavy (non-hydrogen) atoms. The molecule has 1 aliphatic rings. The van der Waals surface area contributed by atoms with Gasteiger partial charge in [0.15, 0.2) is 11.5 Å². The van der Waals surface area contributed by atoms with Crippen LogP contribution in [0.2, 0.25) is 0 Å². The number of rotatable bonds is 4. The third kappa shape index (κ3) is 4.03. The second kappa shape index (κ2) is 7.74. The van der Waals surface area contributed by atoms with Crippen molar-refractivity contribution >= 4 is 23.6 Å². The van der Waals surface area contributed by atoms with Crippen molar-refractivity contribution in [1.29, 1.82) is 0 Å². The average Bonchev–Trinajstić information content (AvgIpc) is 2.66. The highest BCUT2D eigenvalue weighted by Crippen LogP contribution is 2.31. The molecule has 6 nitrogen and oxygen atoms in total. The zero-order chi connectivity index (χ0) is 18.5. The van der Waals surface area contributed by atoms with E-state index in [1.807, 2.05) is 18.2 Å². The number of anilines is 1. The topological polar surface area (TPSA) is 67.9 Å². The molecule has 1 heterocycles. The van der Waals surface area contributed by atoms with E-state index in [9.17, 15) is 9.59 Å². The van der Waals surface area contributed by atoms with E-state index in [0.29, 0.717) is 36.0 Å². The van der Waals surface area contributed by atoms with Crippen LogP contribution in [0.5, 0.6) is 11.5 Å². The van der Waals surface area contributed by atoms with E-state index >= 15 is 0 Å². The Hall–Kier alpha value is -3.28. The van der Waals surface area contributed by atoms with Crippen molar-refractivity contribution in [2.45, 2.75) is 0 Å². The predicted octanol–water partition coefficient (Wildman–Crippen LogP) is 2.81. The number of ether oxygens (including phenoxy) is 2. The molecule has 2 aromatic rings. The molecule has 0 atom stereocenters. The number of nitrogens with zero attached hydrogens (tertiary/aromatic N) is 1. The fourth-order valence-electron chi connectivity index (χ4n) is 2.53. The minimum Gasteiger partial charge on any atom is -0.486 e. The van der Waals surface area contributed by atoms with E-state index in [0.717, 1.165) is 5.56 Å². The lowest BCUT2D eigenvalue weighted by atomic mass is 10.1. The monoisotopic (exact) mass is 352 g/mol. The smallest absolute Gasteiger partial charge is 0.255 e. The molecule has 2 amide bonds. The molecule has 134 valence electrons. The van der Waals surface area contributed by atoms with Crippen molar-refractivity contribution < 1.29 is 19.1 Å². The first-order valence-corrected chi connectivity index (χ1v) is 8.24. The Balaban J connectivity index is 1.72. The predicted molar refractivity (Wildman–Crippen MR) is 99.6 cm³/mol. The summed E-state index contributed by atoms with van der Waals surface area (Å²) in [7, 11) is 3.34. The van der Waals surface area contributed by atoms with E-state index < -0.39 is 0 Å². The summed E-state index contributed by atoms with van der Waals surface area (Å²) in [6.07, 6.45) is 3.10. The van der Waals surface area contributed by atoms with E-state index in [2.05, 4.69) is 5.32 Å². The summed E-state index contributed by atoms with van der Waals surface area (Å²) in [5.41, 5.74) is 1.74. The lowest BCUT2D eigenvalue weighted by Gasteiger charge is -2.18. The fraction of sp³-hybridized carbons (Fsp3) is 0.200. The van der Waals surface area contributed by atoms with Crippen LogP contribution in [0.15, 0.2) is 48.5 Å². The molecule has 0 spiro atoms. The highest BCUT2D eigenvalue weighted by molar-refractivity contribution is 6.07. The van der Waals surface area contributed by atoms with Gasteiger partial charge in [0.2, 0.25) is 5.91 Å². The van der Waals surface area contributed by atoms with Crippen LogP contribution in [0.3, 0.4) is 0 Å². The number of fused-ring (bicyclic) bond motifs is 1. The number of para-hydroxylation sites is 1. The molecule has 3 rings (SSSR count). The number of benzene rings is 2. The summed E-state index contributed by atoms with van der Waals surface area (Å²) >= 11 is 0. The van der Waals surface area contributed by atoms with E-state index in [1.54, 1.807) is 44.4 Å². The van der Waals surface area contributed by atoms with E-state index in [4.69, 9.17) is 9.47 Å². The minimum atomic E-state index is -0.320. The SMILES string of the molecule is CN(C)C(=O)c1ccccc1NC(=O)/C=C/c1ccc2c(c1)OCCO2. The van der Waals surface area contributed by atoms with Crippen LogP contribution in [0.25, 0.3) is 6.08 Å². The number of amides is 2. The third-order valence-corrected chi connectivity index (χ3v) is 3.81. The summed E-state index contributed by atoms with van der Waals surface area (Å²) in [4.78, 5) is 25.9. The maximum Gasteiger partial charge on any atom is 0.255 e. The van der Waals surface area contributed by atoms with Gasteiger partial charge < -0.3 is 19.7 Å². The van der Waals surface area contributed by atoms with Gasteiger partial charge in [0.05, 0.1) is 11.3 Å². The summed E-state index contributed by atoms with van der Waals surface area (Å²) in [5.74, 6) is 0.880. The Morgan fingerprint density at radius 1 is 1.04 bits per heavy atom. The van der Waals surface area contributed by atoms with Crippen molar-refractivity contribution in [3.63, 3.8) is 0 Å². The highest BCUT2D eigenvalue weighted by Gasteiger charge is 2.14. The number of carbonyl (C=O) groups is 2. The van der Waals surface area contributed by atoms with Gasteiger partial charge in [-0.3, -0.25) is 9.59 Å². The zero-order valence-corrected chi connectivity index (χ0v) is 14.7. The van der Waals surface area contributed by atoms with Crippen LogP contribution in [-0.2, 0) is 4.79 Å². The van der Waals surface area contributed by atoms with Gasteiger partial charge in [-0.25, -0.2) is 0 Å². The summed E-state index contributed by atoms with van der Waals surface area (Å²) < 4.78 is 11.0. The first-order valence-electron chi connectivity index (χ1n) is 8.24. The van der Waals surface area contributed by atoms with Gasteiger partial charge in [-0.15, -0.1) is 0 Å². The Kier molecular flexibility index (Phi) is 5.22. The van der Waals surface area contributed by atoms with Crippen LogP contribution in [0.4, 0.5) is 5.69 Å². The number of hydrogen-bond donors (Lipinski definition) is 1.